The number of para-hydroxylation sites is 2. The van der Waals surface area contributed by atoms with Gasteiger partial charge in [-0.2, -0.15) is 0 Å². The fourth-order valence-corrected chi connectivity index (χ4v) is 4.00. The van der Waals surface area contributed by atoms with Crippen LogP contribution in [0.4, 0.5) is 5.69 Å². The maximum absolute atomic E-state index is 13.3. The van der Waals surface area contributed by atoms with E-state index in [-0.39, 0.29) is 17.2 Å². The number of amides is 3. The van der Waals surface area contributed by atoms with Gasteiger partial charge in [0.2, 0.25) is 12.0 Å². The monoisotopic (exact) mass is 489 g/mol. The van der Waals surface area contributed by atoms with Gasteiger partial charge in [-0.1, -0.05) is 36.4 Å². The maximum Gasteiger partial charge on any atom is 0.285 e. The van der Waals surface area contributed by atoms with E-state index in [9.17, 15) is 14.4 Å². The molecule has 0 aliphatic carbocycles. The molecule has 0 bridgehead atoms. The van der Waals surface area contributed by atoms with Gasteiger partial charge in [0.15, 0.2) is 0 Å². The van der Waals surface area contributed by atoms with E-state index in [1.807, 2.05) is 36.4 Å². The molecular weight excluding hydrogens is 462 g/mol. The van der Waals surface area contributed by atoms with E-state index in [2.05, 4.69) is 10.7 Å². The highest BCUT2D eigenvalue weighted by atomic mass is 16.5. The second-order valence-electron chi connectivity index (χ2n) is 8.01. The zero-order valence-electron chi connectivity index (χ0n) is 20.2. The third-order valence-electron chi connectivity index (χ3n) is 5.58. The van der Waals surface area contributed by atoms with Crippen molar-refractivity contribution in [1.82, 2.24) is 10.4 Å². The van der Waals surface area contributed by atoms with Crippen molar-refractivity contribution < 1.29 is 28.6 Å². The standard InChI is InChI=1S/C27H27N3O6/c1-4-35-23-16-18(28-17(2)31)14-15-21(23)26(32)29-30-24(20-12-8-9-13-22(20)34-3)25(27(30)33)36-19-10-6-5-7-11-19/h5-16,24-25H,4H2,1-3H3,(H,28,31)(H,29,32)/t24-,25-/m1/s1. The summed E-state index contributed by atoms with van der Waals surface area (Å²) in [5.41, 5.74) is 4.09. The molecule has 3 aromatic rings. The number of anilines is 1. The highest BCUT2D eigenvalue weighted by molar-refractivity contribution is 6.00. The summed E-state index contributed by atoms with van der Waals surface area (Å²) in [6.45, 7) is 3.49. The highest BCUT2D eigenvalue weighted by Crippen LogP contribution is 2.40. The summed E-state index contributed by atoms with van der Waals surface area (Å²) in [5.74, 6) is 0.180. The van der Waals surface area contributed by atoms with Gasteiger partial charge in [-0.05, 0) is 37.3 Å². The molecule has 1 fully saturated rings. The van der Waals surface area contributed by atoms with Crippen LogP contribution in [-0.2, 0) is 9.59 Å². The molecule has 36 heavy (non-hydrogen) atoms. The number of hydrazine groups is 1. The SMILES string of the molecule is CCOc1cc(NC(C)=O)ccc1C(=O)NN1C(=O)[C@H](Oc2ccccc2)[C@H]1c1ccccc1OC. The third kappa shape index (κ3) is 5.10. The van der Waals surface area contributed by atoms with Gasteiger partial charge in [0, 0.05) is 24.2 Å². The second kappa shape index (κ2) is 10.8. The minimum atomic E-state index is -0.863. The smallest absolute Gasteiger partial charge is 0.285 e. The van der Waals surface area contributed by atoms with Gasteiger partial charge in [0.1, 0.15) is 23.3 Å². The zero-order valence-corrected chi connectivity index (χ0v) is 20.2. The maximum atomic E-state index is 13.3. The summed E-state index contributed by atoms with van der Waals surface area (Å²) in [6, 6.07) is 20.3. The minimum Gasteiger partial charge on any atom is -0.496 e. The van der Waals surface area contributed by atoms with Crippen LogP contribution >= 0.6 is 0 Å². The summed E-state index contributed by atoms with van der Waals surface area (Å²) >= 11 is 0. The Labute approximate surface area is 208 Å². The van der Waals surface area contributed by atoms with E-state index in [0.717, 1.165) is 0 Å². The molecule has 9 heteroatoms. The molecule has 186 valence electrons. The number of hydrogen-bond donors (Lipinski definition) is 2. The molecule has 0 spiro atoms. The Morgan fingerprint density at radius 1 is 0.972 bits per heavy atom. The van der Waals surface area contributed by atoms with Gasteiger partial charge in [0.25, 0.3) is 11.8 Å². The van der Waals surface area contributed by atoms with Gasteiger partial charge < -0.3 is 19.5 Å². The first-order chi connectivity index (χ1) is 17.4. The summed E-state index contributed by atoms with van der Waals surface area (Å²) < 4.78 is 17.1. The fourth-order valence-electron chi connectivity index (χ4n) is 4.00. The molecule has 0 aromatic heterocycles. The number of hydrogen-bond acceptors (Lipinski definition) is 6. The van der Waals surface area contributed by atoms with Crippen molar-refractivity contribution in [2.24, 2.45) is 0 Å². The van der Waals surface area contributed by atoms with E-state index in [0.29, 0.717) is 29.4 Å². The van der Waals surface area contributed by atoms with Gasteiger partial charge in [-0.25, -0.2) is 5.01 Å². The van der Waals surface area contributed by atoms with Crippen LogP contribution in [0.25, 0.3) is 0 Å². The largest absolute Gasteiger partial charge is 0.496 e. The number of ether oxygens (including phenoxy) is 3. The topological polar surface area (TPSA) is 106 Å². The Morgan fingerprint density at radius 2 is 1.69 bits per heavy atom. The van der Waals surface area contributed by atoms with Crippen molar-refractivity contribution in [2.75, 3.05) is 19.0 Å². The number of carbonyl (C=O) groups excluding carboxylic acids is 3. The quantitative estimate of drug-likeness (QED) is 0.444. The predicted molar refractivity (Wildman–Crippen MR) is 133 cm³/mol. The molecule has 0 saturated carbocycles. The van der Waals surface area contributed by atoms with Gasteiger partial charge in [-0.3, -0.25) is 19.8 Å². The normalized spacial score (nSPS) is 16.5. The van der Waals surface area contributed by atoms with Crippen LogP contribution in [0.15, 0.2) is 72.8 Å². The first-order valence-electron chi connectivity index (χ1n) is 11.5. The fraction of sp³-hybridized carbons (Fsp3) is 0.222. The van der Waals surface area contributed by atoms with Gasteiger partial charge >= 0.3 is 0 Å². The van der Waals surface area contributed by atoms with E-state index in [1.54, 1.807) is 44.4 Å². The van der Waals surface area contributed by atoms with E-state index >= 15 is 0 Å². The summed E-state index contributed by atoms with van der Waals surface area (Å²) in [7, 11) is 1.54. The highest BCUT2D eigenvalue weighted by Gasteiger charge is 2.52. The Hall–Kier alpha value is -4.53. The lowest BCUT2D eigenvalue weighted by atomic mass is 9.91. The third-order valence-corrected chi connectivity index (χ3v) is 5.58. The molecule has 2 atom stereocenters. The number of rotatable bonds is 9. The first-order valence-corrected chi connectivity index (χ1v) is 11.5. The Bertz CT molecular complexity index is 1260. The average Bonchev–Trinajstić information content (AvgIpc) is 2.88. The van der Waals surface area contributed by atoms with E-state index < -0.39 is 24.0 Å². The molecule has 1 aliphatic rings. The molecule has 9 nitrogen and oxygen atoms in total. The van der Waals surface area contributed by atoms with Crippen LogP contribution in [-0.4, -0.2) is 42.6 Å². The molecular formula is C27H27N3O6. The molecule has 1 aliphatic heterocycles. The second-order valence-corrected chi connectivity index (χ2v) is 8.01. The number of nitrogens with one attached hydrogen (secondary N) is 2. The van der Waals surface area contributed by atoms with Crippen LogP contribution in [0.3, 0.4) is 0 Å². The molecule has 2 N–H and O–H groups in total. The Morgan fingerprint density at radius 3 is 2.39 bits per heavy atom. The van der Waals surface area contributed by atoms with Crippen molar-refractivity contribution in [3.05, 3.63) is 83.9 Å². The van der Waals surface area contributed by atoms with Gasteiger partial charge in [-0.15, -0.1) is 0 Å². The number of methoxy groups -OCH3 is 1. The number of benzene rings is 3. The minimum absolute atomic E-state index is 0.213. The lowest BCUT2D eigenvalue weighted by Crippen LogP contribution is -2.67. The van der Waals surface area contributed by atoms with Crippen molar-refractivity contribution in [3.63, 3.8) is 0 Å². The lowest BCUT2D eigenvalue weighted by Gasteiger charge is -2.46. The Balaban J connectivity index is 1.62. The first kappa shape index (κ1) is 24.6. The van der Waals surface area contributed by atoms with E-state index in [4.69, 9.17) is 14.2 Å². The molecule has 4 rings (SSSR count). The summed E-state index contributed by atoms with van der Waals surface area (Å²) in [6.07, 6.45) is -0.863. The van der Waals surface area contributed by atoms with Crippen molar-refractivity contribution >= 4 is 23.4 Å². The van der Waals surface area contributed by atoms with Crippen molar-refractivity contribution in [2.45, 2.75) is 26.0 Å². The van der Waals surface area contributed by atoms with Gasteiger partial charge in [0.05, 0.1) is 19.3 Å². The molecule has 3 aromatic carbocycles. The lowest BCUT2D eigenvalue weighted by molar-refractivity contribution is -0.169. The predicted octanol–water partition coefficient (Wildman–Crippen LogP) is 3.73. The van der Waals surface area contributed by atoms with Crippen LogP contribution in [0, 0.1) is 0 Å². The molecule has 3 amide bonds. The Kier molecular flexibility index (Phi) is 7.39. The van der Waals surface area contributed by atoms with E-state index in [1.165, 1.54) is 18.0 Å². The van der Waals surface area contributed by atoms with Crippen molar-refractivity contribution in [3.8, 4) is 17.2 Å². The van der Waals surface area contributed by atoms with Crippen LogP contribution in [0.5, 0.6) is 17.2 Å². The molecule has 1 saturated heterocycles. The van der Waals surface area contributed by atoms with Crippen molar-refractivity contribution in [1.29, 1.82) is 0 Å². The molecule has 0 unspecified atom stereocenters. The van der Waals surface area contributed by atoms with Crippen LogP contribution < -0.4 is 25.0 Å². The average molecular weight is 490 g/mol. The number of nitrogens with zero attached hydrogens (tertiary/aromatic N) is 1. The number of β-lactam (4-membered cyclic amide) rings is 1. The summed E-state index contributed by atoms with van der Waals surface area (Å²) in [5, 5.41) is 3.91. The number of carbonyl (C=O) groups is 3. The molecule has 0 radical (unpaired) electrons. The summed E-state index contributed by atoms with van der Waals surface area (Å²) in [4.78, 5) is 37.9. The van der Waals surface area contributed by atoms with Crippen LogP contribution in [0.2, 0.25) is 0 Å². The molecule has 1 heterocycles. The zero-order chi connectivity index (χ0) is 25.7. The van der Waals surface area contributed by atoms with Crippen LogP contribution in [0.1, 0.15) is 35.8 Å².